The van der Waals surface area contributed by atoms with Crippen LogP contribution in [0.25, 0.3) is 0 Å². The number of benzene rings is 1. The Bertz CT molecular complexity index is 554. The zero-order valence-electron chi connectivity index (χ0n) is 9.39. The molecule has 1 heterocycles. The van der Waals surface area contributed by atoms with E-state index in [4.69, 9.17) is 9.52 Å². The molecule has 0 unspecified atom stereocenters. The molecule has 0 aliphatic carbocycles. The fourth-order valence-corrected chi connectivity index (χ4v) is 1.46. The average molecular weight is 250 g/mol. The summed E-state index contributed by atoms with van der Waals surface area (Å²) in [5, 5.41) is 11.4. The van der Waals surface area contributed by atoms with Crippen molar-refractivity contribution >= 4 is 12.0 Å². The first-order valence-corrected chi connectivity index (χ1v) is 5.33. The maximum absolute atomic E-state index is 13.3. The second kappa shape index (κ2) is 5.31. The van der Waals surface area contributed by atoms with Gasteiger partial charge in [0, 0.05) is 6.54 Å². The van der Waals surface area contributed by atoms with Crippen molar-refractivity contribution < 1.29 is 18.7 Å². The van der Waals surface area contributed by atoms with Crippen LogP contribution in [0.2, 0.25) is 0 Å². The molecule has 0 saturated heterocycles. The third-order valence-electron chi connectivity index (χ3n) is 2.35. The number of rotatable bonds is 5. The molecule has 0 atom stereocenters. The summed E-state index contributed by atoms with van der Waals surface area (Å²) in [5.74, 6) is -1.42. The minimum Gasteiger partial charge on any atom is -0.476 e. The van der Waals surface area contributed by atoms with E-state index in [1.54, 1.807) is 18.2 Å². The molecule has 0 spiro atoms. The lowest BCUT2D eigenvalue weighted by Gasteiger charge is -2.03. The standard InChI is InChI=1S/C12H11FN2O3/c13-9-4-2-1-3-8(9)5-6-14-12-15-10(7-18-12)11(16)17/h1-4,7H,5-6H2,(H,14,15)(H,16,17). The normalized spacial score (nSPS) is 10.3. The highest BCUT2D eigenvalue weighted by Gasteiger charge is 2.09. The fourth-order valence-electron chi connectivity index (χ4n) is 1.46. The monoisotopic (exact) mass is 250 g/mol. The first kappa shape index (κ1) is 12.1. The lowest BCUT2D eigenvalue weighted by atomic mass is 10.1. The van der Waals surface area contributed by atoms with Gasteiger partial charge in [-0.15, -0.1) is 0 Å². The van der Waals surface area contributed by atoms with Crippen LogP contribution in [0, 0.1) is 5.82 Å². The van der Waals surface area contributed by atoms with Crippen molar-refractivity contribution in [3.05, 3.63) is 47.6 Å². The zero-order chi connectivity index (χ0) is 13.0. The van der Waals surface area contributed by atoms with Crippen molar-refractivity contribution in [3.8, 4) is 0 Å². The van der Waals surface area contributed by atoms with Crippen LogP contribution in [-0.4, -0.2) is 22.6 Å². The van der Waals surface area contributed by atoms with E-state index in [0.29, 0.717) is 18.5 Å². The molecular formula is C12H11FN2O3. The van der Waals surface area contributed by atoms with E-state index < -0.39 is 5.97 Å². The Hall–Kier alpha value is -2.37. The summed E-state index contributed by atoms with van der Waals surface area (Å²) in [7, 11) is 0. The number of aromatic nitrogens is 1. The lowest BCUT2D eigenvalue weighted by molar-refractivity contribution is 0.0690. The van der Waals surface area contributed by atoms with E-state index in [1.807, 2.05) is 0 Å². The number of halogens is 1. The molecule has 1 aromatic heterocycles. The van der Waals surface area contributed by atoms with Gasteiger partial charge in [0.1, 0.15) is 12.1 Å². The first-order chi connectivity index (χ1) is 8.66. The van der Waals surface area contributed by atoms with E-state index in [1.165, 1.54) is 6.07 Å². The highest BCUT2D eigenvalue weighted by Crippen LogP contribution is 2.09. The zero-order valence-corrected chi connectivity index (χ0v) is 9.39. The van der Waals surface area contributed by atoms with Crippen LogP contribution in [0.5, 0.6) is 0 Å². The van der Waals surface area contributed by atoms with Gasteiger partial charge >= 0.3 is 5.97 Å². The van der Waals surface area contributed by atoms with Crippen molar-refractivity contribution in [3.63, 3.8) is 0 Å². The highest BCUT2D eigenvalue weighted by atomic mass is 19.1. The Kier molecular flexibility index (Phi) is 3.57. The lowest BCUT2D eigenvalue weighted by Crippen LogP contribution is -2.06. The smallest absolute Gasteiger partial charge is 0.357 e. The highest BCUT2D eigenvalue weighted by molar-refractivity contribution is 5.85. The van der Waals surface area contributed by atoms with E-state index in [2.05, 4.69) is 10.3 Å². The van der Waals surface area contributed by atoms with E-state index >= 15 is 0 Å². The van der Waals surface area contributed by atoms with Crippen molar-refractivity contribution in [2.75, 3.05) is 11.9 Å². The predicted molar refractivity (Wildman–Crippen MR) is 62.1 cm³/mol. The van der Waals surface area contributed by atoms with Gasteiger partial charge < -0.3 is 14.8 Å². The Morgan fingerprint density at radius 1 is 1.44 bits per heavy atom. The number of aromatic carboxylic acids is 1. The number of anilines is 1. The van der Waals surface area contributed by atoms with Crippen molar-refractivity contribution in [1.29, 1.82) is 0 Å². The molecule has 1 aromatic carbocycles. The number of oxazole rings is 1. The third kappa shape index (κ3) is 2.85. The first-order valence-electron chi connectivity index (χ1n) is 5.33. The van der Waals surface area contributed by atoms with Crippen molar-refractivity contribution in [2.45, 2.75) is 6.42 Å². The van der Waals surface area contributed by atoms with Crippen LogP contribution in [0.15, 0.2) is 34.9 Å². The Morgan fingerprint density at radius 3 is 2.89 bits per heavy atom. The number of carboxylic acid groups (broad SMARTS) is 1. The van der Waals surface area contributed by atoms with Gasteiger partial charge in [-0.1, -0.05) is 18.2 Å². The molecule has 2 N–H and O–H groups in total. The maximum Gasteiger partial charge on any atom is 0.357 e. The number of hydrogen-bond acceptors (Lipinski definition) is 4. The molecule has 0 aliphatic heterocycles. The summed E-state index contributed by atoms with van der Waals surface area (Å²) in [6.45, 7) is 0.403. The van der Waals surface area contributed by atoms with Crippen molar-refractivity contribution in [1.82, 2.24) is 4.98 Å². The number of nitrogens with zero attached hydrogens (tertiary/aromatic N) is 1. The van der Waals surface area contributed by atoms with Crippen molar-refractivity contribution in [2.24, 2.45) is 0 Å². The Labute approximate surface area is 102 Å². The van der Waals surface area contributed by atoms with Gasteiger partial charge in [-0.2, -0.15) is 4.98 Å². The summed E-state index contributed by atoms with van der Waals surface area (Å²) in [6.07, 6.45) is 1.51. The summed E-state index contributed by atoms with van der Waals surface area (Å²) in [6, 6.07) is 6.58. The molecule has 18 heavy (non-hydrogen) atoms. The van der Waals surface area contributed by atoms with Gasteiger partial charge in [-0.3, -0.25) is 0 Å². The molecule has 0 radical (unpaired) electrons. The fraction of sp³-hybridized carbons (Fsp3) is 0.167. The largest absolute Gasteiger partial charge is 0.476 e. The molecule has 0 fully saturated rings. The predicted octanol–water partition coefficient (Wildman–Crippen LogP) is 2.17. The maximum atomic E-state index is 13.3. The third-order valence-corrected chi connectivity index (χ3v) is 2.35. The number of hydrogen-bond donors (Lipinski definition) is 2. The molecule has 6 heteroatoms. The van der Waals surface area contributed by atoms with Gasteiger partial charge in [0.05, 0.1) is 0 Å². The van der Waals surface area contributed by atoms with Gasteiger partial charge in [0.25, 0.3) is 6.01 Å². The number of carbonyl (C=O) groups is 1. The minimum absolute atomic E-state index is 0.115. The van der Waals surface area contributed by atoms with Crippen LogP contribution in [0.1, 0.15) is 16.1 Å². The topological polar surface area (TPSA) is 75.4 Å². The molecular weight excluding hydrogens is 239 g/mol. The van der Waals surface area contributed by atoms with Crippen LogP contribution in [0.4, 0.5) is 10.4 Å². The number of nitrogens with one attached hydrogen (secondary N) is 1. The van der Waals surface area contributed by atoms with E-state index in [-0.39, 0.29) is 17.5 Å². The van der Waals surface area contributed by atoms with Crippen LogP contribution >= 0.6 is 0 Å². The molecule has 5 nitrogen and oxygen atoms in total. The summed E-state index contributed by atoms with van der Waals surface area (Å²) < 4.78 is 18.2. The van der Waals surface area contributed by atoms with Gasteiger partial charge in [-0.25, -0.2) is 9.18 Å². The molecule has 0 aliphatic rings. The molecule has 2 aromatic rings. The average Bonchev–Trinajstić information content (AvgIpc) is 2.80. The number of carboxylic acids is 1. The Morgan fingerprint density at radius 2 is 2.22 bits per heavy atom. The summed E-state index contributed by atoms with van der Waals surface area (Å²) in [5.41, 5.74) is 0.415. The van der Waals surface area contributed by atoms with Gasteiger partial charge in [-0.05, 0) is 18.1 Å². The van der Waals surface area contributed by atoms with Gasteiger partial charge in [0.2, 0.25) is 0 Å². The summed E-state index contributed by atoms with van der Waals surface area (Å²) in [4.78, 5) is 14.2. The second-order valence-corrected chi connectivity index (χ2v) is 3.61. The molecule has 2 rings (SSSR count). The van der Waals surface area contributed by atoms with E-state index in [0.717, 1.165) is 6.26 Å². The quantitative estimate of drug-likeness (QED) is 0.850. The van der Waals surface area contributed by atoms with E-state index in [9.17, 15) is 9.18 Å². The molecule has 94 valence electrons. The molecule has 0 bridgehead atoms. The molecule has 0 amide bonds. The Balaban J connectivity index is 1.88. The SMILES string of the molecule is O=C(O)c1coc(NCCc2ccccc2F)n1. The summed E-state index contributed by atoms with van der Waals surface area (Å²) >= 11 is 0. The van der Waals surface area contributed by atoms with Crippen LogP contribution in [-0.2, 0) is 6.42 Å². The van der Waals surface area contributed by atoms with Crippen LogP contribution < -0.4 is 5.32 Å². The van der Waals surface area contributed by atoms with Crippen LogP contribution in [0.3, 0.4) is 0 Å². The minimum atomic E-state index is -1.15. The second-order valence-electron chi connectivity index (χ2n) is 3.61. The molecule has 0 saturated carbocycles. The van der Waals surface area contributed by atoms with Gasteiger partial charge in [0.15, 0.2) is 5.69 Å².